The monoisotopic (exact) mass is 747 g/mol. The number of carbonyl (C=O) groups is 5. The summed E-state index contributed by atoms with van der Waals surface area (Å²) < 4.78 is 5.98. The van der Waals surface area contributed by atoms with Crippen LogP contribution in [-0.4, -0.2) is 86.8 Å². The molecule has 0 saturated carbocycles. The van der Waals surface area contributed by atoms with E-state index in [9.17, 15) is 44.4 Å². The molecule has 4 aromatic carbocycles. The van der Waals surface area contributed by atoms with Gasteiger partial charge in [-0.1, -0.05) is 67.6 Å². The van der Waals surface area contributed by atoms with Gasteiger partial charge in [-0.15, -0.1) is 0 Å². The van der Waals surface area contributed by atoms with Gasteiger partial charge in [-0.2, -0.15) is 0 Å². The van der Waals surface area contributed by atoms with Crippen molar-refractivity contribution >= 4 is 57.4 Å². The first-order valence-corrected chi connectivity index (χ1v) is 17.3. The molecular formula is C40H37N5O10. The third-order valence-corrected chi connectivity index (χ3v) is 10.7. The number of phenolic OH excluding ortho intramolecular Hbond substituents is 1. The molecule has 6 atom stereocenters. The zero-order chi connectivity index (χ0) is 39.5. The van der Waals surface area contributed by atoms with Gasteiger partial charge >= 0.3 is 12.1 Å². The number of likely N-dealkylation sites (N-methyl/N-ethyl adjacent to an activating group) is 1. The van der Waals surface area contributed by atoms with E-state index in [1.54, 1.807) is 49.4 Å². The van der Waals surface area contributed by atoms with E-state index in [-0.39, 0.29) is 16.8 Å². The molecule has 0 saturated heterocycles. The summed E-state index contributed by atoms with van der Waals surface area (Å²) in [6.07, 6.45) is -2.69. The number of fused-ring (bicyclic) bond motifs is 4. The minimum atomic E-state index is -3.13. The number of anilines is 3. The molecule has 3 aliphatic rings. The standard InChI is InChI=1S/C40H37N5O10/c1-18-21-16-17-24(44-38(52)43-23-15-9-11-19-10-7-8-14-22(19)23)31(46)26(21)32(47)27-25(18)34(55-39(53)42-20-12-5-4-6-13-20)29-30(45(2)3)33(48)28(37(41)51)36(50)40(29,54)35(27)49/h4-18,25,29-30,34,46,48-49,54H,1-3H3,(H2,41,51)(H,42,53)(H2,43,44,52)/t18-,25+,29+,30-,34-,40-/m0/s1. The number of nitrogens with one attached hydrogen (secondary N) is 3. The number of urea groups is 1. The van der Waals surface area contributed by atoms with Crippen LogP contribution in [0.1, 0.15) is 28.8 Å². The summed E-state index contributed by atoms with van der Waals surface area (Å²) in [6, 6.07) is 21.6. The number of Topliss-reactive ketones (excluding diaryl/α,β-unsaturated/α-hetero) is 2. The molecule has 0 aliphatic heterocycles. The predicted molar refractivity (Wildman–Crippen MR) is 201 cm³/mol. The summed E-state index contributed by atoms with van der Waals surface area (Å²) in [5, 5.41) is 56.7. The van der Waals surface area contributed by atoms with E-state index in [4.69, 9.17) is 10.5 Å². The molecule has 3 aliphatic carbocycles. The second-order valence-electron chi connectivity index (χ2n) is 14.0. The number of rotatable bonds is 6. The zero-order valence-electron chi connectivity index (χ0n) is 29.7. The first kappa shape index (κ1) is 36.6. The Morgan fingerprint density at radius 2 is 1.49 bits per heavy atom. The molecule has 9 N–H and O–H groups in total. The lowest BCUT2D eigenvalue weighted by Crippen LogP contribution is -2.69. The summed E-state index contributed by atoms with van der Waals surface area (Å²) in [5.74, 6) is -10.5. The summed E-state index contributed by atoms with van der Waals surface area (Å²) in [7, 11) is 2.92. The van der Waals surface area contributed by atoms with Crippen LogP contribution in [0.15, 0.2) is 108 Å². The van der Waals surface area contributed by atoms with Gasteiger partial charge in [-0.3, -0.25) is 24.6 Å². The largest absolute Gasteiger partial charge is 0.510 e. The number of carbonyl (C=O) groups excluding carboxylic acids is 5. The number of primary amides is 1. The number of amides is 4. The van der Waals surface area contributed by atoms with Gasteiger partial charge in [0.05, 0.1) is 28.9 Å². The van der Waals surface area contributed by atoms with Gasteiger partial charge in [0, 0.05) is 22.6 Å². The van der Waals surface area contributed by atoms with Crippen LogP contribution in [0.25, 0.3) is 10.8 Å². The smallest absolute Gasteiger partial charge is 0.411 e. The number of aromatic hydroxyl groups is 1. The number of nitrogens with zero attached hydrogens (tertiary/aromatic N) is 1. The number of aliphatic hydroxyl groups excluding tert-OH is 2. The van der Waals surface area contributed by atoms with Crippen LogP contribution in [0.5, 0.6) is 5.75 Å². The summed E-state index contributed by atoms with van der Waals surface area (Å²) in [6.45, 7) is 1.62. The Morgan fingerprint density at radius 1 is 0.836 bits per heavy atom. The molecule has 0 unspecified atom stereocenters. The molecule has 15 heteroatoms. The number of hydrogen-bond acceptors (Lipinski definition) is 11. The Balaban J connectivity index is 1.33. The quantitative estimate of drug-likeness (QED) is 0.0993. The number of hydrogen-bond donors (Lipinski definition) is 8. The minimum Gasteiger partial charge on any atom is -0.510 e. The first-order chi connectivity index (χ1) is 26.2. The molecule has 15 nitrogen and oxygen atoms in total. The lowest BCUT2D eigenvalue weighted by atomic mass is 9.55. The SMILES string of the molecule is C[C@H]1c2ccc(NC(=O)Nc3cccc4ccccc34)c(O)c2C(=O)C2=C(O)[C@]3(O)C(=O)C(C(N)=O)=C(O)[C@@H](N(C)C)[C@@H]3[C@@H](OC(=O)Nc3ccccc3)[C@@H]21. The summed E-state index contributed by atoms with van der Waals surface area (Å²) in [4.78, 5) is 69.3. The van der Waals surface area contributed by atoms with E-state index in [0.29, 0.717) is 11.4 Å². The fourth-order valence-electron chi connectivity index (χ4n) is 8.24. The number of benzene rings is 4. The Kier molecular flexibility index (Phi) is 9.07. The van der Waals surface area contributed by atoms with Crippen LogP contribution in [0, 0.1) is 11.8 Å². The Labute approximate surface area is 313 Å². The average Bonchev–Trinajstić information content (AvgIpc) is 3.14. The molecular weight excluding hydrogens is 710 g/mol. The highest BCUT2D eigenvalue weighted by Crippen LogP contribution is 2.57. The Morgan fingerprint density at radius 3 is 2.18 bits per heavy atom. The number of phenols is 1. The molecule has 0 heterocycles. The Hall–Kier alpha value is -6.71. The van der Waals surface area contributed by atoms with Gasteiger partial charge in [0.2, 0.25) is 5.78 Å². The van der Waals surface area contributed by atoms with Crippen molar-refractivity contribution in [3.8, 4) is 5.75 Å². The molecule has 0 fully saturated rings. The van der Waals surface area contributed by atoms with Gasteiger partial charge in [0.15, 0.2) is 17.1 Å². The van der Waals surface area contributed by atoms with Crippen LogP contribution in [0.4, 0.5) is 26.7 Å². The van der Waals surface area contributed by atoms with Crippen LogP contribution in [0.2, 0.25) is 0 Å². The zero-order valence-corrected chi connectivity index (χ0v) is 29.7. The topological polar surface area (TPSA) is 241 Å². The van der Waals surface area contributed by atoms with Crippen molar-refractivity contribution in [2.24, 2.45) is 17.6 Å². The van der Waals surface area contributed by atoms with Gasteiger partial charge in [-0.25, -0.2) is 9.59 Å². The lowest BCUT2D eigenvalue weighted by Gasteiger charge is -2.54. The highest BCUT2D eigenvalue weighted by Gasteiger charge is 2.68. The van der Waals surface area contributed by atoms with Crippen molar-refractivity contribution < 1.29 is 49.1 Å². The summed E-state index contributed by atoms with van der Waals surface area (Å²) in [5.41, 5.74) is 1.26. The number of aliphatic hydroxyl groups is 3. The highest BCUT2D eigenvalue weighted by atomic mass is 16.6. The van der Waals surface area contributed by atoms with E-state index < -0.39 is 93.5 Å². The number of ketones is 2. The number of nitrogens with two attached hydrogens (primary N) is 1. The molecule has 0 spiro atoms. The molecule has 282 valence electrons. The van der Waals surface area contributed by atoms with Crippen LogP contribution in [-0.2, 0) is 14.3 Å². The lowest BCUT2D eigenvalue weighted by molar-refractivity contribution is -0.162. The fraction of sp³-hybridized carbons (Fsp3) is 0.225. The third kappa shape index (κ3) is 5.80. The average molecular weight is 748 g/mol. The van der Waals surface area contributed by atoms with Crippen LogP contribution >= 0.6 is 0 Å². The van der Waals surface area contributed by atoms with E-state index in [0.717, 1.165) is 10.8 Å². The van der Waals surface area contributed by atoms with Crippen molar-refractivity contribution in [2.75, 3.05) is 30.0 Å². The van der Waals surface area contributed by atoms with E-state index in [1.807, 2.05) is 30.3 Å². The van der Waals surface area contributed by atoms with Crippen molar-refractivity contribution in [1.29, 1.82) is 0 Å². The summed E-state index contributed by atoms with van der Waals surface area (Å²) >= 11 is 0. The molecule has 7 rings (SSSR count). The Bertz CT molecular complexity index is 2370. The minimum absolute atomic E-state index is 0.178. The van der Waals surface area contributed by atoms with Crippen LogP contribution in [0.3, 0.4) is 0 Å². The van der Waals surface area contributed by atoms with Gasteiger partial charge in [0.25, 0.3) is 5.91 Å². The van der Waals surface area contributed by atoms with Crippen molar-refractivity contribution in [3.05, 3.63) is 119 Å². The van der Waals surface area contributed by atoms with Crippen molar-refractivity contribution in [3.63, 3.8) is 0 Å². The van der Waals surface area contributed by atoms with Crippen molar-refractivity contribution in [1.82, 2.24) is 4.90 Å². The fourth-order valence-corrected chi connectivity index (χ4v) is 8.24. The maximum absolute atomic E-state index is 14.6. The van der Waals surface area contributed by atoms with E-state index in [2.05, 4.69) is 16.0 Å². The first-order valence-electron chi connectivity index (χ1n) is 17.3. The van der Waals surface area contributed by atoms with E-state index >= 15 is 0 Å². The highest BCUT2D eigenvalue weighted by molar-refractivity contribution is 6.25. The van der Waals surface area contributed by atoms with Crippen molar-refractivity contribution in [2.45, 2.75) is 30.6 Å². The maximum atomic E-state index is 14.6. The third-order valence-electron chi connectivity index (χ3n) is 10.7. The normalized spacial score (nSPS) is 24.5. The number of ether oxygens (including phenoxy) is 1. The van der Waals surface area contributed by atoms with Gasteiger partial charge < -0.3 is 41.5 Å². The molecule has 4 amide bonds. The van der Waals surface area contributed by atoms with Crippen LogP contribution < -0.4 is 21.7 Å². The molecule has 0 bridgehead atoms. The van der Waals surface area contributed by atoms with Gasteiger partial charge in [-0.05, 0) is 55.2 Å². The van der Waals surface area contributed by atoms with Gasteiger partial charge in [0.1, 0.15) is 23.2 Å². The second kappa shape index (κ2) is 13.6. The second-order valence-corrected chi connectivity index (χ2v) is 14.0. The molecule has 0 aromatic heterocycles. The molecule has 0 radical (unpaired) electrons. The molecule has 4 aromatic rings. The van der Waals surface area contributed by atoms with E-state index in [1.165, 1.54) is 31.1 Å². The predicted octanol–water partition coefficient (Wildman–Crippen LogP) is 4.71. The molecule has 55 heavy (non-hydrogen) atoms. The maximum Gasteiger partial charge on any atom is 0.411 e. The number of para-hydroxylation sites is 1.